The Morgan fingerprint density at radius 2 is 2.04 bits per heavy atom. The molecule has 23 heavy (non-hydrogen) atoms. The number of carbonyl (C=O) groups excluding carboxylic acids is 2. The van der Waals surface area contributed by atoms with Gasteiger partial charge in [-0.2, -0.15) is 0 Å². The molecule has 0 saturated carbocycles. The summed E-state index contributed by atoms with van der Waals surface area (Å²) in [6.45, 7) is 0.405. The van der Waals surface area contributed by atoms with Gasteiger partial charge in [0.1, 0.15) is 5.75 Å². The molecule has 3 rings (SSSR count). The summed E-state index contributed by atoms with van der Waals surface area (Å²) in [5.41, 5.74) is 3.41. The Morgan fingerprint density at radius 1 is 1.26 bits per heavy atom. The first-order chi connectivity index (χ1) is 11.1. The van der Waals surface area contributed by atoms with Crippen molar-refractivity contribution in [2.45, 2.75) is 13.0 Å². The number of anilines is 1. The summed E-state index contributed by atoms with van der Waals surface area (Å²) >= 11 is 0. The van der Waals surface area contributed by atoms with E-state index in [1.54, 1.807) is 37.3 Å². The number of benzene rings is 2. The smallest absolute Gasteiger partial charge is 0.255 e. The van der Waals surface area contributed by atoms with Crippen LogP contribution in [0.2, 0.25) is 0 Å². The van der Waals surface area contributed by atoms with Gasteiger partial charge in [-0.1, -0.05) is 24.3 Å². The lowest BCUT2D eigenvalue weighted by Crippen LogP contribution is -2.23. The molecule has 1 N–H and O–H groups in total. The van der Waals surface area contributed by atoms with Crippen LogP contribution in [0.4, 0.5) is 5.69 Å². The van der Waals surface area contributed by atoms with Crippen molar-refractivity contribution in [1.82, 2.24) is 5.32 Å². The quantitative estimate of drug-likeness (QED) is 0.941. The minimum absolute atomic E-state index is 0.0928. The lowest BCUT2D eigenvalue weighted by Gasteiger charge is -2.12. The molecular formula is C18H18N2O3. The maximum absolute atomic E-state index is 12.3. The molecule has 2 aromatic carbocycles. The maximum atomic E-state index is 12.3. The van der Waals surface area contributed by atoms with E-state index in [1.165, 1.54) is 0 Å². The van der Waals surface area contributed by atoms with Gasteiger partial charge >= 0.3 is 0 Å². The highest BCUT2D eigenvalue weighted by Gasteiger charge is 2.23. The molecule has 1 aliphatic rings. The SMILES string of the molecule is COc1ccccc1C(=O)NCc1ccc2c(c1)CC(=O)N2C. The van der Waals surface area contributed by atoms with Gasteiger partial charge in [0.25, 0.3) is 5.91 Å². The van der Waals surface area contributed by atoms with Crippen molar-refractivity contribution >= 4 is 17.5 Å². The Labute approximate surface area is 134 Å². The number of rotatable bonds is 4. The van der Waals surface area contributed by atoms with Gasteiger partial charge in [0.2, 0.25) is 5.91 Å². The van der Waals surface area contributed by atoms with Crippen LogP contribution >= 0.6 is 0 Å². The molecule has 1 aliphatic heterocycles. The van der Waals surface area contributed by atoms with Gasteiger partial charge in [-0.15, -0.1) is 0 Å². The standard InChI is InChI=1S/C18H18N2O3/c1-20-15-8-7-12(9-13(15)10-17(20)21)11-19-18(22)14-5-3-4-6-16(14)23-2/h3-9H,10-11H2,1-2H3,(H,19,22). The third-order valence-electron chi connectivity index (χ3n) is 4.03. The van der Waals surface area contributed by atoms with Gasteiger partial charge in [-0.05, 0) is 29.3 Å². The molecule has 1 heterocycles. The van der Waals surface area contributed by atoms with Crippen LogP contribution in [-0.2, 0) is 17.8 Å². The second-order valence-corrected chi connectivity index (χ2v) is 5.48. The highest BCUT2D eigenvalue weighted by Crippen LogP contribution is 2.28. The number of hydrogen-bond donors (Lipinski definition) is 1. The minimum Gasteiger partial charge on any atom is -0.496 e. The van der Waals surface area contributed by atoms with E-state index in [1.807, 2.05) is 24.3 Å². The number of methoxy groups -OCH3 is 1. The van der Waals surface area contributed by atoms with Crippen LogP contribution in [0.1, 0.15) is 21.5 Å². The van der Waals surface area contributed by atoms with Crippen molar-refractivity contribution in [3.63, 3.8) is 0 Å². The zero-order chi connectivity index (χ0) is 16.4. The number of nitrogens with zero attached hydrogens (tertiary/aromatic N) is 1. The van der Waals surface area contributed by atoms with Crippen LogP contribution in [0.3, 0.4) is 0 Å². The largest absolute Gasteiger partial charge is 0.496 e. The number of hydrogen-bond acceptors (Lipinski definition) is 3. The molecular weight excluding hydrogens is 292 g/mol. The number of amides is 2. The molecule has 5 nitrogen and oxygen atoms in total. The fourth-order valence-corrected chi connectivity index (χ4v) is 2.74. The molecule has 0 aliphatic carbocycles. The van der Waals surface area contributed by atoms with Gasteiger partial charge < -0.3 is 15.0 Å². The molecule has 0 unspecified atom stereocenters. The fourth-order valence-electron chi connectivity index (χ4n) is 2.74. The second kappa shape index (κ2) is 6.12. The zero-order valence-corrected chi connectivity index (χ0v) is 13.1. The number of ether oxygens (including phenoxy) is 1. The highest BCUT2D eigenvalue weighted by molar-refractivity contribution is 6.01. The number of carbonyl (C=O) groups is 2. The van der Waals surface area contributed by atoms with Crippen LogP contribution in [0.5, 0.6) is 5.75 Å². The summed E-state index contributed by atoms with van der Waals surface area (Å²) in [6, 6.07) is 12.9. The molecule has 118 valence electrons. The number of fused-ring (bicyclic) bond motifs is 1. The summed E-state index contributed by atoms with van der Waals surface area (Å²) in [4.78, 5) is 25.6. The number of likely N-dealkylation sites (N-methyl/N-ethyl adjacent to an activating group) is 1. The van der Waals surface area contributed by atoms with Crippen molar-refractivity contribution in [3.05, 3.63) is 59.2 Å². The van der Waals surface area contributed by atoms with Crippen LogP contribution < -0.4 is 15.0 Å². The molecule has 0 atom stereocenters. The topological polar surface area (TPSA) is 58.6 Å². The van der Waals surface area contributed by atoms with E-state index in [-0.39, 0.29) is 11.8 Å². The minimum atomic E-state index is -0.184. The normalized spacial score (nSPS) is 13.0. The first-order valence-electron chi connectivity index (χ1n) is 7.39. The Kier molecular flexibility index (Phi) is 4.02. The molecule has 5 heteroatoms. The summed E-state index contributed by atoms with van der Waals surface area (Å²) in [5, 5.41) is 2.89. The summed E-state index contributed by atoms with van der Waals surface area (Å²) in [5.74, 6) is 0.456. The van der Waals surface area contributed by atoms with Crippen molar-refractivity contribution < 1.29 is 14.3 Å². The fraction of sp³-hybridized carbons (Fsp3) is 0.222. The van der Waals surface area contributed by atoms with Crippen molar-refractivity contribution in [2.75, 3.05) is 19.1 Å². The number of nitrogens with one attached hydrogen (secondary N) is 1. The molecule has 0 radical (unpaired) electrons. The Hall–Kier alpha value is -2.82. The van der Waals surface area contributed by atoms with E-state index in [9.17, 15) is 9.59 Å². The van der Waals surface area contributed by atoms with Gasteiger partial charge in [-0.3, -0.25) is 9.59 Å². The van der Waals surface area contributed by atoms with Crippen LogP contribution in [0, 0.1) is 0 Å². The summed E-state index contributed by atoms with van der Waals surface area (Å²) < 4.78 is 5.20. The second-order valence-electron chi connectivity index (χ2n) is 5.48. The van der Waals surface area contributed by atoms with Crippen LogP contribution in [-0.4, -0.2) is 26.0 Å². The van der Waals surface area contributed by atoms with Crippen LogP contribution in [0.25, 0.3) is 0 Å². The van der Waals surface area contributed by atoms with Gasteiger partial charge in [0, 0.05) is 19.3 Å². The van der Waals surface area contributed by atoms with Crippen molar-refractivity contribution in [3.8, 4) is 5.75 Å². The Balaban J connectivity index is 1.71. The predicted octanol–water partition coefficient (Wildman–Crippen LogP) is 2.14. The third kappa shape index (κ3) is 2.90. The first kappa shape index (κ1) is 15.1. The molecule has 0 aromatic heterocycles. The lowest BCUT2D eigenvalue weighted by atomic mass is 10.1. The van der Waals surface area contributed by atoms with Crippen molar-refractivity contribution in [1.29, 1.82) is 0 Å². The predicted molar refractivity (Wildman–Crippen MR) is 87.7 cm³/mol. The van der Waals surface area contributed by atoms with E-state index in [0.29, 0.717) is 24.3 Å². The Morgan fingerprint density at radius 3 is 2.83 bits per heavy atom. The molecule has 0 bridgehead atoms. The van der Waals surface area contributed by atoms with E-state index >= 15 is 0 Å². The average molecular weight is 310 g/mol. The summed E-state index contributed by atoms with van der Waals surface area (Å²) in [7, 11) is 3.32. The van der Waals surface area contributed by atoms with E-state index in [4.69, 9.17) is 4.74 Å². The van der Waals surface area contributed by atoms with Gasteiger partial charge in [0.05, 0.1) is 19.1 Å². The van der Waals surface area contributed by atoms with E-state index in [2.05, 4.69) is 5.32 Å². The lowest BCUT2D eigenvalue weighted by molar-refractivity contribution is -0.117. The Bertz CT molecular complexity index is 771. The molecule has 0 saturated heterocycles. The van der Waals surface area contributed by atoms with Crippen LogP contribution in [0.15, 0.2) is 42.5 Å². The molecule has 0 fully saturated rings. The number of para-hydroxylation sites is 1. The van der Waals surface area contributed by atoms with Gasteiger partial charge in [-0.25, -0.2) is 0 Å². The maximum Gasteiger partial charge on any atom is 0.255 e. The van der Waals surface area contributed by atoms with Crippen molar-refractivity contribution in [2.24, 2.45) is 0 Å². The monoisotopic (exact) mass is 310 g/mol. The molecule has 0 spiro atoms. The van der Waals surface area contributed by atoms with Gasteiger partial charge in [0.15, 0.2) is 0 Å². The van der Waals surface area contributed by atoms with E-state index < -0.39 is 0 Å². The molecule has 2 amide bonds. The molecule has 2 aromatic rings. The average Bonchev–Trinajstić information content (AvgIpc) is 2.86. The summed E-state index contributed by atoms with van der Waals surface area (Å²) in [6.07, 6.45) is 0.417. The van der Waals surface area contributed by atoms with E-state index in [0.717, 1.165) is 16.8 Å². The highest BCUT2D eigenvalue weighted by atomic mass is 16.5. The first-order valence-corrected chi connectivity index (χ1v) is 7.39. The third-order valence-corrected chi connectivity index (χ3v) is 4.03. The zero-order valence-electron chi connectivity index (χ0n) is 13.1.